The van der Waals surface area contributed by atoms with Crippen LogP contribution < -0.4 is 0 Å². The Morgan fingerprint density at radius 2 is 0.703 bits per heavy atom. The van der Waals surface area contributed by atoms with Crippen molar-refractivity contribution in [2.45, 2.75) is 271 Å². The van der Waals surface area contributed by atoms with E-state index in [0.29, 0.717) is 19.4 Å². The fraction of sp³-hybridized carbons (Fsp3) is 0.763. The topological polar surface area (TPSA) is 61.8 Å². The van der Waals surface area contributed by atoms with Crippen LogP contribution in [0.4, 0.5) is 0 Å². The third-order valence-corrected chi connectivity index (χ3v) is 11.7. The highest BCUT2D eigenvalue weighted by Gasteiger charge is 2.17. The van der Waals surface area contributed by atoms with Gasteiger partial charge >= 0.3 is 11.9 Å². The number of esters is 2. The van der Waals surface area contributed by atoms with Gasteiger partial charge in [0.25, 0.3) is 0 Å². The summed E-state index contributed by atoms with van der Waals surface area (Å²) in [5, 5.41) is 0. The molecule has 0 spiro atoms. The fourth-order valence-electron chi connectivity index (χ4n) is 7.65. The highest BCUT2D eigenvalue weighted by Crippen LogP contribution is 2.15. The zero-order valence-corrected chi connectivity index (χ0v) is 42.5. The molecule has 0 aliphatic rings. The lowest BCUT2D eigenvalue weighted by Crippen LogP contribution is -2.30. The molecule has 0 aliphatic carbocycles. The summed E-state index contributed by atoms with van der Waals surface area (Å²) >= 11 is 0. The summed E-state index contributed by atoms with van der Waals surface area (Å²) in [5.74, 6) is -0.410. The Kier molecular flexibility index (Phi) is 52.4. The SMILES string of the molecule is CC/C=C\C/C=C\C/C=C\C/C=C\C/C=C\CCCCCCOCC(COC(=O)CCCCCCCCCCC/C=C\CCCCCCCC)OC(=O)CCCCCCCCCCC. The zero-order valence-electron chi connectivity index (χ0n) is 42.5. The van der Waals surface area contributed by atoms with E-state index in [1.54, 1.807) is 0 Å². The Morgan fingerprint density at radius 1 is 0.359 bits per heavy atom. The van der Waals surface area contributed by atoms with Crippen LogP contribution in [0.5, 0.6) is 0 Å². The molecule has 0 amide bonds. The van der Waals surface area contributed by atoms with E-state index in [2.05, 4.69) is 93.7 Å². The van der Waals surface area contributed by atoms with Crippen LogP contribution in [0.1, 0.15) is 265 Å². The molecule has 0 aromatic carbocycles. The van der Waals surface area contributed by atoms with Crippen molar-refractivity contribution in [1.29, 1.82) is 0 Å². The van der Waals surface area contributed by atoms with Crippen molar-refractivity contribution < 1.29 is 23.8 Å². The first-order chi connectivity index (χ1) is 31.6. The standard InChI is InChI=1S/C59H104O5/c1-4-7-10-13-16-19-21-23-25-27-29-31-33-35-37-39-42-45-48-51-54-62-55-57(64-59(61)53-50-47-44-40-18-15-12-9-6-3)56-63-58(60)52-49-46-43-41-38-36-34-32-30-28-26-24-22-20-17-14-11-8-5-2/h7,10,16,19,23-26,29,31,35,37,57H,4-6,8-9,11-15,17-18,20-22,27-28,30,32-34,36,38-56H2,1-3H3/b10-7-,19-16-,25-23-,26-24-,31-29-,37-35-. The number of hydrogen-bond acceptors (Lipinski definition) is 5. The van der Waals surface area contributed by atoms with Gasteiger partial charge in [0.05, 0.1) is 6.61 Å². The van der Waals surface area contributed by atoms with E-state index in [0.717, 1.165) is 77.0 Å². The molecule has 0 heterocycles. The molecular weight excluding hydrogens is 789 g/mol. The highest BCUT2D eigenvalue weighted by molar-refractivity contribution is 5.70. The molecule has 1 atom stereocenters. The lowest BCUT2D eigenvalue weighted by Gasteiger charge is -2.18. The van der Waals surface area contributed by atoms with Crippen LogP contribution in [0, 0.1) is 0 Å². The average molecular weight is 893 g/mol. The van der Waals surface area contributed by atoms with Crippen molar-refractivity contribution in [2.75, 3.05) is 19.8 Å². The molecular formula is C59H104O5. The van der Waals surface area contributed by atoms with Crippen LogP contribution in [0.15, 0.2) is 72.9 Å². The predicted octanol–water partition coefficient (Wildman–Crippen LogP) is 18.7. The maximum atomic E-state index is 12.8. The molecule has 0 rings (SSSR count). The Bertz CT molecular complexity index is 1150. The normalized spacial score (nSPS) is 12.7. The summed E-state index contributed by atoms with van der Waals surface area (Å²) in [4.78, 5) is 25.4. The lowest BCUT2D eigenvalue weighted by atomic mass is 10.1. The van der Waals surface area contributed by atoms with Gasteiger partial charge in [0.2, 0.25) is 0 Å². The number of hydrogen-bond donors (Lipinski definition) is 0. The van der Waals surface area contributed by atoms with E-state index in [-0.39, 0.29) is 25.2 Å². The van der Waals surface area contributed by atoms with Gasteiger partial charge in [-0.1, -0.05) is 235 Å². The molecule has 0 aliphatic heterocycles. The Balaban J connectivity index is 4.21. The molecule has 0 aromatic rings. The smallest absolute Gasteiger partial charge is 0.306 e. The third-order valence-electron chi connectivity index (χ3n) is 11.7. The minimum Gasteiger partial charge on any atom is -0.462 e. The van der Waals surface area contributed by atoms with Crippen LogP contribution in [0.25, 0.3) is 0 Å². The van der Waals surface area contributed by atoms with Crippen LogP contribution in [0.2, 0.25) is 0 Å². The quantitative estimate of drug-likeness (QED) is 0.0346. The van der Waals surface area contributed by atoms with E-state index in [9.17, 15) is 9.59 Å². The summed E-state index contributed by atoms with van der Waals surface area (Å²) in [7, 11) is 0. The first-order valence-corrected chi connectivity index (χ1v) is 27.5. The minimum absolute atomic E-state index is 0.0739. The molecule has 0 aromatic heterocycles. The highest BCUT2D eigenvalue weighted by atomic mass is 16.6. The molecule has 5 heteroatoms. The van der Waals surface area contributed by atoms with E-state index in [1.807, 2.05) is 0 Å². The van der Waals surface area contributed by atoms with Crippen LogP contribution in [-0.4, -0.2) is 37.9 Å². The van der Waals surface area contributed by atoms with Gasteiger partial charge in [-0.2, -0.15) is 0 Å². The van der Waals surface area contributed by atoms with Crippen LogP contribution >= 0.6 is 0 Å². The van der Waals surface area contributed by atoms with Crippen molar-refractivity contribution >= 4 is 11.9 Å². The summed E-state index contributed by atoms with van der Waals surface area (Å²) in [5.41, 5.74) is 0. The van der Waals surface area contributed by atoms with Gasteiger partial charge in [-0.05, 0) is 89.9 Å². The van der Waals surface area contributed by atoms with Crippen molar-refractivity contribution in [1.82, 2.24) is 0 Å². The second-order valence-corrected chi connectivity index (χ2v) is 18.1. The van der Waals surface area contributed by atoms with Crippen molar-refractivity contribution in [3.8, 4) is 0 Å². The molecule has 0 radical (unpaired) electrons. The summed E-state index contributed by atoms with van der Waals surface area (Å²) in [6, 6.07) is 0. The lowest BCUT2D eigenvalue weighted by molar-refractivity contribution is -0.163. The number of ether oxygens (including phenoxy) is 3. The van der Waals surface area contributed by atoms with Gasteiger partial charge in [-0.15, -0.1) is 0 Å². The van der Waals surface area contributed by atoms with E-state index in [1.165, 1.54) is 154 Å². The van der Waals surface area contributed by atoms with Gasteiger partial charge in [0.1, 0.15) is 6.61 Å². The van der Waals surface area contributed by atoms with Crippen LogP contribution in [0.3, 0.4) is 0 Å². The largest absolute Gasteiger partial charge is 0.462 e. The monoisotopic (exact) mass is 893 g/mol. The van der Waals surface area contributed by atoms with Gasteiger partial charge in [-0.3, -0.25) is 9.59 Å². The Hall–Kier alpha value is -2.66. The fourth-order valence-corrected chi connectivity index (χ4v) is 7.65. The second kappa shape index (κ2) is 54.7. The molecule has 64 heavy (non-hydrogen) atoms. The van der Waals surface area contributed by atoms with Gasteiger partial charge in [-0.25, -0.2) is 0 Å². The first-order valence-electron chi connectivity index (χ1n) is 27.5. The third kappa shape index (κ3) is 52.0. The number of rotatable bonds is 50. The predicted molar refractivity (Wildman–Crippen MR) is 279 cm³/mol. The molecule has 0 N–H and O–H groups in total. The number of allylic oxidation sites excluding steroid dienone is 12. The van der Waals surface area contributed by atoms with E-state index in [4.69, 9.17) is 14.2 Å². The molecule has 1 unspecified atom stereocenters. The maximum Gasteiger partial charge on any atom is 0.306 e. The Morgan fingerprint density at radius 3 is 1.14 bits per heavy atom. The summed E-state index contributed by atoms with van der Waals surface area (Å²) < 4.78 is 17.4. The average Bonchev–Trinajstić information content (AvgIpc) is 3.30. The van der Waals surface area contributed by atoms with Gasteiger partial charge < -0.3 is 14.2 Å². The molecule has 5 nitrogen and oxygen atoms in total. The van der Waals surface area contributed by atoms with Crippen molar-refractivity contribution in [3.05, 3.63) is 72.9 Å². The van der Waals surface area contributed by atoms with Crippen molar-refractivity contribution in [3.63, 3.8) is 0 Å². The molecule has 0 fully saturated rings. The second-order valence-electron chi connectivity index (χ2n) is 18.1. The van der Waals surface area contributed by atoms with Crippen LogP contribution in [-0.2, 0) is 23.8 Å². The molecule has 0 bridgehead atoms. The molecule has 370 valence electrons. The minimum atomic E-state index is -0.550. The maximum absolute atomic E-state index is 12.8. The van der Waals surface area contributed by atoms with Crippen molar-refractivity contribution in [2.24, 2.45) is 0 Å². The number of carbonyl (C=O) groups excluding carboxylic acids is 2. The molecule has 0 saturated carbocycles. The van der Waals surface area contributed by atoms with Gasteiger partial charge in [0.15, 0.2) is 6.10 Å². The number of carbonyl (C=O) groups is 2. The zero-order chi connectivity index (χ0) is 46.3. The first kappa shape index (κ1) is 61.3. The van der Waals surface area contributed by atoms with E-state index < -0.39 is 6.10 Å². The molecule has 0 saturated heterocycles. The summed E-state index contributed by atoms with van der Waals surface area (Å²) in [6.45, 7) is 7.66. The van der Waals surface area contributed by atoms with Gasteiger partial charge in [0, 0.05) is 19.4 Å². The Labute approximate surface area is 397 Å². The summed E-state index contributed by atoms with van der Waals surface area (Å²) in [6.07, 6.45) is 70.7. The van der Waals surface area contributed by atoms with E-state index >= 15 is 0 Å². The number of unbranched alkanes of at least 4 members (excludes halogenated alkanes) is 27.